The molecule has 0 spiro atoms. The van der Waals surface area contributed by atoms with Crippen molar-refractivity contribution in [3.8, 4) is 0 Å². The van der Waals surface area contributed by atoms with Gasteiger partial charge in [0.1, 0.15) is 6.17 Å². The van der Waals surface area contributed by atoms with Gasteiger partial charge in [0.2, 0.25) is 0 Å². The molecule has 0 aromatic heterocycles. The summed E-state index contributed by atoms with van der Waals surface area (Å²) in [5, 5.41) is 3.32. The first-order valence-corrected chi connectivity index (χ1v) is 4.65. The number of fused-ring (bicyclic) bond motifs is 1. The normalized spacial score (nSPS) is 26.4. The molecule has 0 amide bonds. The van der Waals surface area contributed by atoms with Crippen LogP contribution in [0.3, 0.4) is 0 Å². The maximum Gasteiger partial charge on any atom is 0.123 e. The highest BCUT2D eigenvalue weighted by Gasteiger charge is 2.24. The Morgan fingerprint density at radius 2 is 2.33 bits per heavy atom. The molecule has 2 rings (SSSR count). The number of allylic oxidation sites excluding steroid dienone is 1. The lowest BCUT2D eigenvalue weighted by Gasteiger charge is -2.29. The molecule has 0 aromatic carbocycles. The smallest absolute Gasteiger partial charge is 0.123 e. The molecule has 0 aromatic rings. The topological polar surface area (TPSA) is 24.5 Å². The minimum absolute atomic E-state index is 0.411. The first kappa shape index (κ1) is 9.39. The average molecular weight is 170 g/mol. The van der Waals surface area contributed by atoms with Crippen molar-refractivity contribution in [2.45, 2.75) is 26.9 Å². The van der Waals surface area contributed by atoms with Gasteiger partial charge in [-0.2, -0.15) is 0 Å². The van der Waals surface area contributed by atoms with Gasteiger partial charge in [-0.3, -0.25) is 0 Å². The van der Waals surface area contributed by atoms with Crippen molar-refractivity contribution >= 4 is 0 Å². The highest BCUT2D eigenvalue weighted by Crippen LogP contribution is 2.13. The van der Waals surface area contributed by atoms with Crippen molar-refractivity contribution in [1.29, 1.82) is 0 Å². The first-order chi connectivity index (χ1) is 5.86. The number of hydrogen-bond acceptors (Lipinski definition) is 3. The lowest BCUT2D eigenvalue weighted by atomic mass is 10.4. The molecule has 3 nitrogen and oxygen atoms in total. The second kappa shape index (κ2) is 4.36. The summed E-state index contributed by atoms with van der Waals surface area (Å²) in [7, 11) is 0. The summed E-state index contributed by atoms with van der Waals surface area (Å²) >= 11 is 0. The number of morpholine rings is 1. The summed E-state index contributed by atoms with van der Waals surface area (Å²) in [5.41, 5.74) is 1.25. The lowest BCUT2D eigenvalue weighted by molar-refractivity contribution is 0.0165. The molecular formula is C9H18N2O. The highest BCUT2D eigenvalue weighted by molar-refractivity contribution is 5.05. The number of ether oxygens (including phenoxy) is 1. The van der Waals surface area contributed by atoms with Crippen molar-refractivity contribution < 1.29 is 4.74 Å². The maximum atomic E-state index is 5.29. The van der Waals surface area contributed by atoms with Crippen LogP contribution in [0.15, 0.2) is 11.9 Å². The fraction of sp³-hybridized carbons (Fsp3) is 0.778. The Bertz CT molecular complexity index is 168. The van der Waals surface area contributed by atoms with E-state index in [9.17, 15) is 0 Å². The molecule has 2 heterocycles. The molecule has 1 saturated heterocycles. The van der Waals surface area contributed by atoms with Gasteiger partial charge in [0.05, 0.1) is 13.2 Å². The van der Waals surface area contributed by atoms with Gasteiger partial charge in [-0.25, -0.2) is 0 Å². The Hall–Kier alpha value is -0.700. The monoisotopic (exact) mass is 170 g/mol. The van der Waals surface area contributed by atoms with Gasteiger partial charge in [0.25, 0.3) is 0 Å². The second-order valence-electron chi connectivity index (χ2n) is 2.78. The van der Waals surface area contributed by atoms with Crippen LogP contribution < -0.4 is 5.32 Å². The molecule has 1 N–H and O–H groups in total. The third-order valence-electron chi connectivity index (χ3n) is 1.92. The van der Waals surface area contributed by atoms with Crippen LogP contribution in [-0.4, -0.2) is 30.8 Å². The van der Waals surface area contributed by atoms with Crippen molar-refractivity contribution in [3.05, 3.63) is 11.9 Å². The predicted molar refractivity (Wildman–Crippen MR) is 49.6 cm³/mol. The average Bonchev–Trinajstić information content (AvgIpc) is 2.48. The maximum absolute atomic E-state index is 5.29. The summed E-state index contributed by atoms with van der Waals surface area (Å²) in [5.74, 6) is 0. The van der Waals surface area contributed by atoms with Crippen molar-refractivity contribution in [2.75, 3.05) is 19.8 Å². The second-order valence-corrected chi connectivity index (χ2v) is 2.78. The van der Waals surface area contributed by atoms with Gasteiger partial charge in [-0.1, -0.05) is 13.8 Å². The third-order valence-corrected chi connectivity index (χ3v) is 1.92. The zero-order valence-electron chi connectivity index (χ0n) is 8.13. The molecule has 0 aliphatic carbocycles. The van der Waals surface area contributed by atoms with Crippen molar-refractivity contribution in [2.24, 2.45) is 0 Å². The molecular weight excluding hydrogens is 152 g/mol. The standard InChI is InChI=1S/C7H12N2O.C2H6/c1-6-4-9-2-3-10-5-7(9)8-6;1-2/h4,7-8H,2-3,5H2,1H3;1-2H3. The third kappa shape index (κ3) is 1.91. The summed E-state index contributed by atoms with van der Waals surface area (Å²) in [6.07, 6.45) is 2.57. The zero-order chi connectivity index (χ0) is 8.97. The molecule has 1 unspecified atom stereocenters. The van der Waals surface area contributed by atoms with Crippen LogP contribution in [0.25, 0.3) is 0 Å². The van der Waals surface area contributed by atoms with E-state index in [4.69, 9.17) is 4.74 Å². The summed E-state index contributed by atoms with van der Waals surface area (Å²) < 4.78 is 5.29. The van der Waals surface area contributed by atoms with Gasteiger partial charge in [0.15, 0.2) is 0 Å². The Labute approximate surface area is 74.4 Å². The van der Waals surface area contributed by atoms with Crippen LogP contribution in [-0.2, 0) is 4.74 Å². The molecule has 1 atom stereocenters. The Kier molecular flexibility index (Phi) is 3.41. The molecule has 70 valence electrons. The van der Waals surface area contributed by atoms with Crippen LogP contribution in [0, 0.1) is 0 Å². The molecule has 2 aliphatic rings. The predicted octanol–water partition coefficient (Wildman–Crippen LogP) is 1.14. The molecule has 0 radical (unpaired) electrons. The molecule has 12 heavy (non-hydrogen) atoms. The summed E-state index contributed by atoms with van der Waals surface area (Å²) in [4.78, 5) is 2.29. The van der Waals surface area contributed by atoms with Crippen LogP contribution in [0.2, 0.25) is 0 Å². The van der Waals surface area contributed by atoms with Crippen LogP contribution >= 0.6 is 0 Å². The molecule has 0 bridgehead atoms. The largest absolute Gasteiger partial charge is 0.376 e. The lowest BCUT2D eigenvalue weighted by Crippen LogP contribution is -2.45. The Morgan fingerprint density at radius 3 is 3.00 bits per heavy atom. The van der Waals surface area contributed by atoms with Crippen molar-refractivity contribution in [1.82, 2.24) is 10.2 Å². The minimum Gasteiger partial charge on any atom is -0.376 e. The fourth-order valence-corrected chi connectivity index (χ4v) is 1.44. The summed E-state index contributed by atoms with van der Waals surface area (Å²) in [6.45, 7) is 8.78. The zero-order valence-corrected chi connectivity index (χ0v) is 8.13. The van der Waals surface area contributed by atoms with E-state index in [0.717, 1.165) is 19.8 Å². The van der Waals surface area contributed by atoms with Crippen LogP contribution in [0.4, 0.5) is 0 Å². The van der Waals surface area contributed by atoms with Gasteiger partial charge in [-0.05, 0) is 6.92 Å². The van der Waals surface area contributed by atoms with E-state index in [1.54, 1.807) is 0 Å². The van der Waals surface area contributed by atoms with E-state index in [2.05, 4.69) is 23.3 Å². The van der Waals surface area contributed by atoms with Crippen LogP contribution in [0.1, 0.15) is 20.8 Å². The first-order valence-electron chi connectivity index (χ1n) is 4.65. The van der Waals surface area contributed by atoms with E-state index >= 15 is 0 Å². The van der Waals surface area contributed by atoms with Crippen molar-refractivity contribution in [3.63, 3.8) is 0 Å². The van der Waals surface area contributed by atoms with E-state index < -0.39 is 0 Å². The quantitative estimate of drug-likeness (QED) is 0.590. The van der Waals surface area contributed by atoms with E-state index in [0.29, 0.717) is 6.17 Å². The molecule has 2 aliphatic heterocycles. The van der Waals surface area contributed by atoms with E-state index in [1.165, 1.54) is 5.70 Å². The highest BCUT2D eigenvalue weighted by atomic mass is 16.5. The van der Waals surface area contributed by atoms with Crippen LogP contribution in [0.5, 0.6) is 0 Å². The number of rotatable bonds is 0. The van der Waals surface area contributed by atoms with Gasteiger partial charge < -0.3 is 15.0 Å². The van der Waals surface area contributed by atoms with Gasteiger partial charge >= 0.3 is 0 Å². The molecule has 3 heteroatoms. The van der Waals surface area contributed by atoms with Gasteiger partial charge in [0, 0.05) is 18.4 Å². The van der Waals surface area contributed by atoms with E-state index in [-0.39, 0.29) is 0 Å². The Balaban J connectivity index is 0.000000336. The fourth-order valence-electron chi connectivity index (χ4n) is 1.44. The van der Waals surface area contributed by atoms with E-state index in [1.807, 2.05) is 13.8 Å². The minimum atomic E-state index is 0.411. The molecule has 0 saturated carbocycles. The number of nitrogens with zero attached hydrogens (tertiary/aromatic N) is 1. The Morgan fingerprint density at radius 1 is 1.58 bits per heavy atom. The SMILES string of the molecule is CC.CC1=CN2CCOCC2N1. The van der Waals surface area contributed by atoms with Gasteiger partial charge in [-0.15, -0.1) is 0 Å². The summed E-state index contributed by atoms with van der Waals surface area (Å²) in [6, 6.07) is 0. The number of nitrogens with one attached hydrogen (secondary N) is 1. The molecule has 1 fully saturated rings. The number of hydrogen-bond donors (Lipinski definition) is 1.